The molecule has 6 heteroatoms. The Bertz CT molecular complexity index is 1010. The Balaban J connectivity index is 1.72. The Morgan fingerprint density at radius 2 is 2.20 bits per heavy atom. The van der Waals surface area contributed by atoms with Crippen molar-refractivity contribution in [1.82, 2.24) is 4.90 Å². The number of hydrogen-bond acceptors (Lipinski definition) is 5. The van der Waals surface area contributed by atoms with Gasteiger partial charge in [0.1, 0.15) is 5.60 Å². The highest BCUT2D eigenvalue weighted by Crippen LogP contribution is 2.78. The minimum atomic E-state index is -0.506. The number of nitrogens with zero attached hydrogens (tertiary/aromatic N) is 1. The van der Waals surface area contributed by atoms with Crippen molar-refractivity contribution in [3.05, 3.63) is 34.4 Å². The number of likely N-dealkylation sites (tertiary alicyclic amines) is 1. The summed E-state index contributed by atoms with van der Waals surface area (Å²) in [4.78, 5) is 15.8. The number of hydrogen-bond donors (Lipinski definition) is 0. The van der Waals surface area contributed by atoms with Gasteiger partial charge >= 0.3 is 5.97 Å². The zero-order valence-corrected chi connectivity index (χ0v) is 18.7. The van der Waals surface area contributed by atoms with Crippen LogP contribution in [0.5, 0.6) is 11.5 Å². The van der Waals surface area contributed by atoms with Crippen molar-refractivity contribution < 1.29 is 19.0 Å². The smallest absolute Gasteiger partial charge is 0.309 e. The number of piperidine rings is 1. The van der Waals surface area contributed by atoms with Crippen LogP contribution in [0.2, 0.25) is 0 Å². The van der Waals surface area contributed by atoms with Crippen LogP contribution >= 0.6 is 11.6 Å². The third kappa shape index (κ3) is 1.74. The van der Waals surface area contributed by atoms with Crippen LogP contribution in [0.1, 0.15) is 37.8 Å². The van der Waals surface area contributed by atoms with Crippen LogP contribution in [0.4, 0.5) is 0 Å². The number of carbonyl (C=O) groups is 1. The van der Waals surface area contributed by atoms with E-state index in [4.69, 9.17) is 25.8 Å². The van der Waals surface area contributed by atoms with Crippen molar-refractivity contribution in [2.45, 2.75) is 50.2 Å². The fourth-order valence-electron chi connectivity index (χ4n) is 8.08. The van der Waals surface area contributed by atoms with Crippen molar-refractivity contribution in [2.75, 3.05) is 27.3 Å². The summed E-state index contributed by atoms with van der Waals surface area (Å²) in [6.45, 7) is 5.46. The molecule has 0 N–H and O–H groups in total. The molecule has 5 nitrogen and oxygen atoms in total. The van der Waals surface area contributed by atoms with Gasteiger partial charge in [-0.1, -0.05) is 23.7 Å². The molecule has 1 aromatic carbocycles. The van der Waals surface area contributed by atoms with Crippen LogP contribution in [-0.2, 0) is 21.4 Å². The van der Waals surface area contributed by atoms with Crippen molar-refractivity contribution in [2.24, 2.45) is 17.3 Å². The summed E-state index contributed by atoms with van der Waals surface area (Å²) in [5, 5.41) is 0.837. The third-order valence-electron chi connectivity index (χ3n) is 9.09. The van der Waals surface area contributed by atoms with Gasteiger partial charge in [-0.25, -0.2) is 0 Å². The summed E-state index contributed by atoms with van der Waals surface area (Å²) in [6, 6.07) is 4.39. The second-order valence-corrected chi connectivity index (χ2v) is 10.2. The molecule has 7 rings (SSSR count). The molecule has 2 fully saturated rings. The molecule has 4 bridgehead atoms. The maximum Gasteiger partial charge on any atom is 0.309 e. The number of likely N-dealkylation sites (N-methyl/N-ethyl adjacent to an activating group) is 1. The second kappa shape index (κ2) is 5.74. The monoisotopic (exact) mass is 429 g/mol. The Morgan fingerprint density at radius 3 is 2.93 bits per heavy atom. The van der Waals surface area contributed by atoms with E-state index in [9.17, 15) is 4.79 Å². The SMILES string of the molecule is CCOC(=O)[C@@H]1C[C@H]2C(Cl)=C[C@@]13[C@H]1Cc4ccc(OC)c5c4[C@@]3(CCN1C)[C@]2(C)O5. The van der Waals surface area contributed by atoms with E-state index < -0.39 is 11.0 Å². The van der Waals surface area contributed by atoms with Crippen LogP contribution in [0.15, 0.2) is 23.2 Å². The van der Waals surface area contributed by atoms with Gasteiger partial charge in [0.25, 0.3) is 0 Å². The van der Waals surface area contributed by atoms with Gasteiger partial charge in [-0.05, 0) is 58.3 Å². The Kier molecular flexibility index (Phi) is 3.64. The molecule has 1 aromatic rings. The lowest BCUT2D eigenvalue weighted by molar-refractivity contribution is -0.205. The minimum absolute atomic E-state index is 0.0393. The highest BCUT2D eigenvalue weighted by molar-refractivity contribution is 6.30. The van der Waals surface area contributed by atoms with E-state index in [1.165, 1.54) is 11.1 Å². The van der Waals surface area contributed by atoms with E-state index >= 15 is 0 Å². The number of fused-ring (bicyclic) bond motifs is 1. The highest BCUT2D eigenvalue weighted by atomic mass is 35.5. The third-order valence-corrected chi connectivity index (χ3v) is 9.46. The summed E-state index contributed by atoms with van der Waals surface area (Å²) in [6.07, 6.45) is 4.71. The number of methoxy groups -OCH3 is 1. The molecule has 2 aliphatic heterocycles. The first kappa shape index (κ1) is 19.0. The lowest BCUT2D eigenvalue weighted by atomic mass is 9.33. The predicted octanol–water partition coefficient (Wildman–Crippen LogP) is 3.67. The molecule has 0 aromatic heterocycles. The fraction of sp³-hybridized carbons (Fsp3) is 0.625. The predicted molar refractivity (Wildman–Crippen MR) is 113 cm³/mol. The first-order chi connectivity index (χ1) is 14.4. The van der Waals surface area contributed by atoms with Gasteiger partial charge in [-0.15, -0.1) is 0 Å². The molecule has 0 amide bonds. The first-order valence-corrected chi connectivity index (χ1v) is 11.4. The van der Waals surface area contributed by atoms with Crippen molar-refractivity contribution >= 4 is 17.6 Å². The Labute approximate surface area is 182 Å². The maximum atomic E-state index is 13.4. The van der Waals surface area contributed by atoms with Crippen LogP contribution in [0, 0.1) is 17.3 Å². The topological polar surface area (TPSA) is 48.0 Å². The minimum Gasteiger partial charge on any atom is -0.493 e. The Morgan fingerprint density at radius 1 is 1.40 bits per heavy atom. The second-order valence-electron chi connectivity index (χ2n) is 9.75. The normalized spacial score (nSPS) is 42.3. The number of ether oxygens (including phenoxy) is 3. The molecule has 0 radical (unpaired) electrons. The molecule has 4 aliphatic carbocycles. The zero-order valence-electron chi connectivity index (χ0n) is 18.0. The molecule has 1 saturated heterocycles. The molecule has 6 aliphatic rings. The molecular formula is C24H28ClNO4. The summed E-state index contributed by atoms with van der Waals surface area (Å²) in [7, 11) is 3.88. The van der Waals surface area contributed by atoms with Gasteiger partial charge in [0.15, 0.2) is 11.5 Å². The summed E-state index contributed by atoms with van der Waals surface area (Å²) in [5.74, 6) is 1.28. The number of carbonyl (C=O) groups excluding carboxylic acids is 1. The van der Waals surface area contributed by atoms with E-state index in [1.807, 2.05) is 13.0 Å². The highest BCUT2D eigenvalue weighted by Gasteiger charge is 2.82. The standard InChI is InChI=1S/C24H28ClNO4/c1-5-29-21(27)15-11-14-16(25)12-23(15)18-10-13-6-7-17(28-4)20-19(13)24(23,8-9-26(18)3)22(14,2)30-20/h6-7,12,14-15,18H,5,8-11H2,1-4H3/t14-,15-,18+,22+,23-,24-/m0/s1. The zero-order chi connectivity index (χ0) is 21.1. The first-order valence-electron chi connectivity index (χ1n) is 11.0. The van der Waals surface area contributed by atoms with Crippen LogP contribution in [0.25, 0.3) is 0 Å². The number of esters is 1. The van der Waals surface area contributed by atoms with Gasteiger partial charge in [-0.3, -0.25) is 4.79 Å². The van der Waals surface area contributed by atoms with Gasteiger partial charge in [0.2, 0.25) is 0 Å². The van der Waals surface area contributed by atoms with E-state index in [2.05, 4.69) is 31.0 Å². The molecule has 160 valence electrons. The Hall–Kier alpha value is -1.72. The fourth-order valence-corrected chi connectivity index (χ4v) is 8.56. The van der Waals surface area contributed by atoms with Crippen LogP contribution < -0.4 is 9.47 Å². The van der Waals surface area contributed by atoms with Gasteiger partial charge < -0.3 is 19.1 Å². The van der Waals surface area contributed by atoms with Crippen molar-refractivity contribution in [1.29, 1.82) is 0 Å². The molecule has 2 spiro atoms. The van der Waals surface area contributed by atoms with E-state index in [1.54, 1.807) is 7.11 Å². The van der Waals surface area contributed by atoms with Gasteiger partial charge in [-0.2, -0.15) is 0 Å². The molecule has 1 saturated carbocycles. The quantitative estimate of drug-likeness (QED) is 0.686. The van der Waals surface area contributed by atoms with Gasteiger partial charge in [0.05, 0.1) is 25.0 Å². The van der Waals surface area contributed by atoms with Gasteiger partial charge in [0, 0.05) is 28.0 Å². The van der Waals surface area contributed by atoms with E-state index in [0.29, 0.717) is 13.0 Å². The number of rotatable bonds is 3. The summed E-state index contributed by atoms with van der Waals surface area (Å²) >= 11 is 6.96. The largest absolute Gasteiger partial charge is 0.493 e. The molecule has 30 heavy (non-hydrogen) atoms. The van der Waals surface area contributed by atoms with Crippen LogP contribution in [-0.4, -0.2) is 49.8 Å². The summed E-state index contributed by atoms with van der Waals surface area (Å²) in [5.41, 5.74) is 1.31. The van der Waals surface area contributed by atoms with Crippen molar-refractivity contribution in [3.8, 4) is 11.5 Å². The molecule has 0 unspecified atom stereocenters. The molecular weight excluding hydrogens is 402 g/mol. The summed E-state index contributed by atoms with van der Waals surface area (Å²) < 4.78 is 18.3. The lowest BCUT2D eigenvalue weighted by Crippen LogP contribution is -2.80. The van der Waals surface area contributed by atoms with Crippen LogP contribution in [0.3, 0.4) is 0 Å². The average molecular weight is 430 g/mol. The lowest BCUT2D eigenvalue weighted by Gasteiger charge is -2.72. The number of benzene rings is 1. The van der Waals surface area contributed by atoms with Crippen molar-refractivity contribution in [3.63, 3.8) is 0 Å². The van der Waals surface area contributed by atoms with E-state index in [-0.39, 0.29) is 29.3 Å². The molecule has 6 atom stereocenters. The number of halogens is 1. The van der Waals surface area contributed by atoms with E-state index in [0.717, 1.165) is 35.9 Å². The molecule has 2 heterocycles. The average Bonchev–Trinajstić information content (AvgIpc) is 2.99. The maximum absolute atomic E-state index is 13.4.